The van der Waals surface area contributed by atoms with Gasteiger partial charge in [0, 0.05) is 6.04 Å². The molecule has 0 bridgehead atoms. The average Bonchev–Trinajstić information content (AvgIpc) is 1.83. The van der Waals surface area contributed by atoms with Gasteiger partial charge in [0.25, 0.3) is 0 Å². The van der Waals surface area contributed by atoms with Gasteiger partial charge < -0.3 is 5.73 Å². The van der Waals surface area contributed by atoms with E-state index >= 15 is 0 Å². The van der Waals surface area contributed by atoms with Crippen molar-refractivity contribution in [2.24, 2.45) is 5.73 Å². The Balaban J connectivity index is 3.27. The van der Waals surface area contributed by atoms with Gasteiger partial charge in [-0.05, 0) is 25.3 Å². The lowest BCUT2D eigenvalue weighted by Gasteiger charge is -2.00. The zero-order chi connectivity index (χ0) is 7.28. The van der Waals surface area contributed by atoms with Crippen LogP contribution in [0.25, 0.3) is 0 Å². The Morgan fingerprint density at radius 2 is 2.44 bits per heavy atom. The molecule has 1 radical (unpaired) electrons. The van der Waals surface area contributed by atoms with Crippen LogP contribution in [-0.4, -0.2) is 12.3 Å². The van der Waals surface area contributed by atoms with Crippen LogP contribution in [-0.2, 0) is 4.79 Å². The molecule has 1 atom stereocenters. The summed E-state index contributed by atoms with van der Waals surface area (Å²) in [5, 5.41) is 0. The Bertz CT molecular complexity index is 107. The zero-order valence-electron chi connectivity index (χ0n) is 5.68. The van der Waals surface area contributed by atoms with Crippen molar-refractivity contribution in [3.63, 3.8) is 0 Å². The van der Waals surface area contributed by atoms with Gasteiger partial charge in [0.2, 0.25) is 6.29 Å². The molecule has 2 N–H and O–H groups in total. The molecule has 1 unspecified atom stereocenters. The lowest BCUT2D eigenvalue weighted by atomic mass is 10.1. The van der Waals surface area contributed by atoms with E-state index in [9.17, 15) is 4.79 Å². The first kappa shape index (κ1) is 8.37. The van der Waals surface area contributed by atoms with E-state index in [-0.39, 0.29) is 6.04 Å². The summed E-state index contributed by atoms with van der Waals surface area (Å²) in [5.41, 5.74) is 5.93. The molecule has 51 valence electrons. The van der Waals surface area contributed by atoms with E-state index in [0.717, 1.165) is 6.42 Å². The van der Waals surface area contributed by atoms with Gasteiger partial charge in [-0.25, -0.2) is 0 Å². The predicted octanol–water partition coefficient (Wildman–Crippen LogP) is 0.780. The number of carbonyl (C=O) groups excluding carboxylic acids is 1. The second-order valence-corrected chi connectivity index (χ2v) is 2.22. The standard InChI is InChI=1S/C7H12NO/c1-6(5-9)3-4-7(2)8/h7H,1,3-4,8H2,2H3. The van der Waals surface area contributed by atoms with Crippen molar-refractivity contribution in [2.75, 3.05) is 0 Å². The third-order valence-corrected chi connectivity index (χ3v) is 1.05. The molecule has 0 aliphatic rings. The fraction of sp³-hybridized carbons (Fsp3) is 0.571. The van der Waals surface area contributed by atoms with E-state index in [4.69, 9.17) is 5.73 Å². The van der Waals surface area contributed by atoms with Gasteiger partial charge in [-0.1, -0.05) is 6.58 Å². The summed E-state index contributed by atoms with van der Waals surface area (Å²) < 4.78 is 0. The summed E-state index contributed by atoms with van der Waals surface area (Å²) in [6.07, 6.45) is 3.20. The third-order valence-electron chi connectivity index (χ3n) is 1.05. The van der Waals surface area contributed by atoms with Crippen LogP contribution in [0, 0.1) is 0 Å². The largest absolute Gasteiger partial charge is 0.328 e. The van der Waals surface area contributed by atoms with Crippen molar-refractivity contribution in [2.45, 2.75) is 25.8 Å². The van der Waals surface area contributed by atoms with E-state index in [0.29, 0.717) is 12.0 Å². The minimum absolute atomic E-state index is 0.148. The third kappa shape index (κ3) is 5.24. The van der Waals surface area contributed by atoms with Gasteiger partial charge in [0.05, 0.1) is 0 Å². The summed E-state index contributed by atoms with van der Waals surface area (Å²) in [6, 6.07) is 0.148. The topological polar surface area (TPSA) is 43.1 Å². The van der Waals surface area contributed by atoms with Crippen molar-refractivity contribution in [1.29, 1.82) is 0 Å². The molecule has 0 aromatic rings. The van der Waals surface area contributed by atoms with E-state index < -0.39 is 0 Å². The molecule has 0 aliphatic heterocycles. The summed E-state index contributed by atoms with van der Waals surface area (Å²) >= 11 is 0. The quantitative estimate of drug-likeness (QED) is 0.565. The molecule has 0 saturated carbocycles. The van der Waals surface area contributed by atoms with Gasteiger partial charge in [0.15, 0.2) is 0 Å². The molecule has 2 heteroatoms. The molecule has 0 aromatic carbocycles. The molecular formula is C7H12NO. The Kier molecular flexibility index (Phi) is 3.97. The molecule has 0 aromatic heterocycles. The van der Waals surface area contributed by atoms with E-state index in [2.05, 4.69) is 6.58 Å². The number of hydrogen-bond donors (Lipinski definition) is 1. The number of allylic oxidation sites excluding steroid dienone is 1. The Morgan fingerprint density at radius 1 is 1.89 bits per heavy atom. The average molecular weight is 126 g/mol. The molecular weight excluding hydrogens is 114 g/mol. The first-order valence-corrected chi connectivity index (χ1v) is 2.98. The van der Waals surface area contributed by atoms with Crippen LogP contribution in [0.5, 0.6) is 0 Å². The van der Waals surface area contributed by atoms with E-state index in [1.165, 1.54) is 0 Å². The minimum atomic E-state index is 0.148. The second kappa shape index (κ2) is 4.27. The van der Waals surface area contributed by atoms with Crippen LogP contribution in [0.4, 0.5) is 0 Å². The van der Waals surface area contributed by atoms with Crippen molar-refractivity contribution in [1.82, 2.24) is 0 Å². The van der Waals surface area contributed by atoms with Crippen LogP contribution in [0.15, 0.2) is 12.2 Å². The summed E-state index contributed by atoms with van der Waals surface area (Å²) in [7, 11) is 0. The first-order valence-electron chi connectivity index (χ1n) is 2.98. The van der Waals surface area contributed by atoms with Crippen LogP contribution >= 0.6 is 0 Å². The van der Waals surface area contributed by atoms with Crippen molar-refractivity contribution >= 4 is 6.29 Å². The summed E-state index contributed by atoms with van der Waals surface area (Å²) in [6.45, 7) is 5.37. The summed E-state index contributed by atoms with van der Waals surface area (Å²) in [4.78, 5) is 9.85. The number of rotatable bonds is 4. The highest BCUT2D eigenvalue weighted by Gasteiger charge is 1.95. The zero-order valence-corrected chi connectivity index (χ0v) is 5.68. The van der Waals surface area contributed by atoms with E-state index in [1.54, 1.807) is 6.29 Å². The van der Waals surface area contributed by atoms with Gasteiger partial charge in [-0.2, -0.15) is 0 Å². The van der Waals surface area contributed by atoms with Crippen LogP contribution in [0.1, 0.15) is 19.8 Å². The SMILES string of the molecule is C=C([C]=O)CCC(C)N. The monoisotopic (exact) mass is 126 g/mol. The first-order chi connectivity index (χ1) is 4.16. The van der Waals surface area contributed by atoms with Crippen molar-refractivity contribution in [3.05, 3.63) is 12.2 Å². The molecule has 0 aliphatic carbocycles. The van der Waals surface area contributed by atoms with Crippen molar-refractivity contribution in [3.8, 4) is 0 Å². The number of nitrogens with two attached hydrogens (primary N) is 1. The fourth-order valence-corrected chi connectivity index (χ4v) is 0.453. The predicted molar refractivity (Wildman–Crippen MR) is 37.7 cm³/mol. The normalized spacial score (nSPS) is 12.7. The maximum Gasteiger partial charge on any atom is 0.228 e. The molecule has 9 heavy (non-hydrogen) atoms. The Labute approximate surface area is 55.7 Å². The Morgan fingerprint density at radius 3 is 2.78 bits per heavy atom. The van der Waals surface area contributed by atoms with Crippen molar-refractivity contribution < 1.29 is 4.79 Å². The fourth-order valence-electron chi connectivity index (χ4n) is 0.453. The van der Waals surface area contributed by atoms with Gasteiger partial charge in [-0.15, -0.1) is 0 Å². The van der Waals surface area contributed by atoms with Crippen LogP contribution in [0.2, 0.25) is 0 Å². The highest BCUT2D eigenvalue weighted by Crippen LogP contribution is 2.00. The highest BCUT2D eigenvalue weighted by molar-refractivity contribution is 5.72. The molecule has 0 spiro atoms. The van der Waals surface area contributed by atoms with E-state index in [1.807, 2.05) is 6.92 Å². The van der Waals surface area contributed by atoms with Crippen LogP contribution in [0.3, 0.4) is 0 Å². The molecule has 0 amide bonds. The molecule has 0 rings (SSSR count). The highest BCUT2D eigenvalue weighted by atomic mass is 16.1. The molecule has 0 saturated heterocycles. The van der Waals surface area contributed by atoms with Gasteiger partial charge >= 0.3 is 0 Å². The maximum absolute atomic E-state index is 9.85. The maximum atomic E-state index is 9.85. The summed E-state index contributed by atoms with van der Waals surface area (Å²) in [5.74, 6) is 0. The lowest BCUT2D eigenvalue weighted by Crippen LogP contribution is -2.14. The Hall–Kier alpha value is -0.630. The van der Waals surface area contributed by atoms with Gasteiger partial charge in [0.1, 0.15) is 0 Å². The van der Waals surface area contributed by atoms with Gasteiger partial charge in [-0.3, -0.25) is 4.79 Å². The molecule has 2 nitrogen and oxygen atoms in total. The van der Waals surface area contributed by atoms with Crippen LogP contribution < -0.4 is 5.73 Å². The second-order valence-electron chi connectivity index (χ2n) is 2.22. The molecule has 0 heterocycles. The molecule has 0 fully saturated rings. The number of hydrogen-bond acceptors (Lipinski definition) is 2. The smallest absolute Gasteiger partial charge is 0.228 e. The lowest BCUT2D eigenvalue weighted by molar-refractivity contribution is 0.558. The minimum Gasteiger partial charge on any atom is -0.328 e.